The molecule has 0 saturated heterocycles. The van der Waals surface area contributed by atoms with E-state index in [1.807, 2.05) is 13.1 Å². The molecule has 4 heteroatoms. The van der Waals surface area contributed by atoms with Crippen LogP contribution in [0.15, 0.2) is 31.0 Å². The molecule has 0 bridgehead atoms. The molecule has 1 aliphatic rings. The number of esters is 1. The summed E-state index contributed by atoms with van der Waals surface area (Å²) in [7, 11) is 0. The van der Waals surface area contributed by atoms with Crippen LogP contribution >= 0.6 is 0 Å². The smallest absolute Gasteiger partial charge is 0.307 e. The number of rotatable bonds is 5. The zero-order chi connectivity index (χ0) is 17.1. The van der Waals surface area contributed by atoms with Gasteiger partial charge in [-0.1, -0.05) is 18.2 Å². The third-order valence-corrected chi connectivity index (χ3v) is 4.77. The van der Waals surface area contributed by atoms with E-state index in [0.29, 0.717) is 19.6 Å². The average molecular weight is 326 g/mol. The fourth-order valence-corrected chi connectivity index (χ4v) is 3.63. The van der Waals surface area contributed by atoms with Gasteiger partial charge < -0.3 is 14.2 Å². The van der Waals surface area contributed by atoms with E-state index in [9.17, 15) is 4.79 Å². The second-order valence-corrected chi connectivity index (χ2v) is 6.41. The first kappa shape index (κ1) is 16.6. The highest BCUT2D eigenvalue weighted by Crippen LogP contribution is 2.31. The van der Waals surface area contributed by atoms with Gasteiger partial charge >= 0.3 is 5.97 Å². The van der Waals surface area contributed by atoms with E-state index in [-0.39, 0.29) is 5.97 Å². The van der Waals surface area contributed by atoms with Gasteiger partial charge in [-0.2, -0.15) is 0 Å². The number of hydrogen-bond acceptors (Lipinski definition) is 3. The number of benzene rings is 1. The molecular weight excluding hydrogens is 300 g/mol. The summed E-state index contributed by atoms with van der Waals surface area (Å²) in [6.45, 7) is 11.0. The molecule has 0 unspecified atom stereocenters. The molecule has 24 heavy (non-hydrogen) atoms. The minimum atomic E-state index is -0.124. The number of carbonyl (C=O) groups is 1. The lowest BCUT2D eigenvalue weighted by atomic mass is 10.1. The molecule has 0 atom stereocenters. The fourth-order valence-electron chi connectivity index (χ4n) is 3.63. The van der Waals surface area contributed by atoms with Crippen molar-refractivity contribution in [1.82, 2.24) is 9.47 Å². The van der Waals surface area contributed by atoms with Crippen LogP contribution in [0.1, 0.15) is 36.6 Å². The summed E-state index contributed by atoms with van der Waals surface area (Å²) in [6, 6.07) is 6.60. The molecule has 2 heterocycles. The van der Waals surface area contributed by atoms with E-state index >= 15 is 0 Å². The topological polar surface area (TPSA) is 34.5 Å². The van der Waals surface area contributed by atoms with Crippen LogP contribution in [0.25, 0.3) is 10.9 Å². The summed E-state index contributed by atoms with van der Waals surface area (Å²) in [5.41, 5.74) is 5.24. The van der Waals surface area contributed by atoms with E-state index < -0.39 is 0 Å². The molecular formula is C20H26N2O2. The molecule has 1 aromatic heterocycles. The van der Waals surface area contributed by atoms with Gasteiger partial charge in [0.1, 0.15) is 0 Å². The van der Waals surface area contributed by atoms with Crippen molar-refractivity contribution in [3.8, 4) is 0 Å². The maximum absolute atomic E-state index is 11.8. The number of aryl methyl sites for hydroxylation is 2. The normalized spacial score (nSPS) is 14.3. The van der Waals surface area contributed by atoms with E-state index in [1.165, 1.54) is 27.7 Å². The molecule has 0 spiro atoms. The molecule has 3 rings (SSSR count). The Kier molecular flexibility index (Phi) is 4.93. The van der Waals surface area contributed by atoms with Gasteiger partial charge in [0.2, 0.25) is 0 Å². The van der Waals surface area contributed by atoms with Crippen molar-refractivity contribution in [2.24, 2.45) is 0 Å². The molecule has 0 saturated carbocycles. The van der Waals surface area contributed by atoms with Crippen molar-refractivity contribution < 1.29 is 9.53 Å². The molecule has 4 nitrogen and oxygen atoms in total. The zero-order valence-electron chi connectivity index (χ0n) is 14.7. The minimum Gasteiger partial charge on any atom is -0.466 e. The van der Waals surface area contributed by atoms with Gasteiger partial charge in [0, 0.05) is 41.8 Å². The van der Waals surface area contributed by atoms with Crippen LogP contribution < -0.4 is 0 Å². The van der Waals surface area contributed by atoms with Crippen LogP contribution in [0, 0.1) is 6.92 Å². The van der Waals surface area contributed by atoms with Gasteiger partial charge in [0.15, 0.2) is 0 Å². The largest absolute Gasteiger partial charge is 0.466 e. The van der Waals surface area contributed by atoms with Crippen molar-refractivity contribution in [2.75, 3.05) is 13.2 Å². The van der Waals surface area contributed by atoms with Gasteiger partial charge in [0.25, 0.3) is 0 Å². The Morgan fingerprint density at radius 1 is 1.42 bits per heavy atom. The standard InChI is InChI=1S/C20H26N2O2/c1-4-21-11-6-7-18-17(14-21)16-13-15(3)8-9-19(16)22(18)12-10-20(23)24-5-2/h4,8-9,13H,1,5-7,10-12,14H2,2-3H3. The Balaban J connectivity index is 2.03. The van der Waals surface area contributed by atoms with Crippen LogP contribution in [-0.2, 0) is 29.0 Å². The fraction of sp³-hybridized carbons (Fsp3) is 0.450. The molecule has 0 N–H and O–H groups in total. The maximum atomic E-state index is 11.8. The maximum Gasteiger partial charge on any atom is 0.307 e. The zero-order valence-corrected chi connectivity index (χ0v) is 14.7. The van der Waals surface area contributed by atoms with Gasteiger partial charge in [-0.15, -0.1) is 0 Å². The number of aromatic nitrogens is 1. The number of carbonyl (C=O) groups excluding carboxylic acids is 1. The number of nitrogens with zero attached hydrogens (tertiary/aromatic N) is 2. The summed E-state index contributed by atoms with van der Waals surface area (Å²) in [6.07, 6.45) is 4.50. The second-order valence-electron chi connectivity index (χ2n) is 6.41. The lowest BCUT2D eigenvalue weighted by molar-refractivity contribution is -0.143. The Labute approximate surface area is 143 Å². The van der Waals surface area contributed by atoms with Gasteiger partial charge in [-0.25, -0.2) is 0 Å². The Morgan fingerprint density at radius 3 is 3.00 bits per heavy atom. The molecule has 2 aromatic rings. The number of ether oxygens (including phenoxy) is 1. The highest BCUT2D eigenvalue weighted by atomic mass is 16.5. The molecule has 128 valence electrons. The van der Waals surface area contributed by atoms with Crippen LogP contribution in [0.5, 0.6) is 0 Å². The van der Waals surface area contributed by atoms with Crippen molar-refractivity contribution in [3.63, 3.8) is 0 Å². The van der Waals surface area contributed by atoms with E-state index in [0.717, 1.165) is 25.9 Å². The SMILES string of the molecule is C=CN1CCCc2c(c3cc(C)ccc3n2CCC(=O)OCC)C1. The monoisotopic (exact) mass is 326 g/mol. The van der Waals surface area contributed by atoms with Crippen LogP contribution in [0.3, 0.4) is 0 Å². The molecule has 0 amide bonds. The summed E-state index contributed by atoms with van der Waals surface area (Å²) < 4.78 is 7.43. The summed E-state index contributed by atoms with van der Waals surface area (Å²) in [5, 5.41) is 1.31. The number of hydrogen-bond donors (Lipinski definition) is 0. The molecule has 1 aliphatic heterocycles. The van der Waals surface area contributed by atoms with Crippen LogP contribution in [-0.4, -0.2) is 28.6 Å². The van der Waals surface area contributed by atoms with E-state index in [1.54, 1.807) is 0 Å². The van der Waals surface area contributed by atoms with Crippen molar-refractivity contribution in [1.29, 1.82) is 0 Å². The third kappa shape index (κ3) is 3.18. The summed E-state index contributed by atoms with van der Waals surface area (Å²) in [5.74, 6) is -0.124. The first-order chi connectivity index (χ1) is 11.6. The van der Waals surface area contributed by atoms with Gasteiger partial charge in [0.05, 0.1) is 13.0 Å². The Bertz CT molecular complexity index is 761. The lowest BCUT2D eigenvalue weighted by Gasteiger charge is -2.16. The predicted octanol–water partition coefficient (Wildman–Crippen LogP) is 3.79. The van der Waals surface area contributed by atoms with E-state index in [2.05, 4.69) is 41.2 Å². The van der Waals surface area contributed by atoms with Gasteiger partial charge in [-0.05, 0) is 45.0 Å². The minimum absolute atomic E-state index is 0.124. The van der Waals surface area contributed by atoms with Crippen molar-refractivity contribution in [2.45, 2.75) is 46.2 Å². The molecule has 0 fully saturated rings. The first-order valence-corrected chi connectivity index (χ1v) is 8.77. The van der Waals surface area contributed by atoms with Crippen molar-refractivity contribution in [3.05, 3.63) is 47.8 Å². The van der Waals surface area contributed by atoms with Crippen molar-refractivity contribution >= 4 is 16.9 Å². The summed E-state index contributed by atoms with van der Waals surface area (Å²) >= 11 is 0. The highest BCUT2D eigenvalue weighted by Gasteiger charge is 2.21. The van der Waals surface area contributed by atoms with Crippen LogP contribution in [0.2, 0.25) is 0 Å². The first-order valence-electron chi connectivity index (χ1n) is 8.77. The Hall–Kier alpha value is -2.23. The van der Waals surface area contributed by atoms with E-state index in [4.69, 9.17) is 4.74 Å². The highest BCUT2D eigenvalue weighted by molar-refractivity contribution is 5.86. The van der Waals surface area contributed by atoms with Gasteiger partial charge in [-0.3, -0.25) is 4.79 Å². The molecule has 0 radical (unpaired) electrons. The summed E-state index contributed by atoms with van der Waals surface area (Å²) in [4.78, 5) is 14.1. The lowest BCUT2D eigenvalue weighted by Crippen LogP contribution is -2.15. The van der Waals surface area contributed by atoms with Crippen LogP contribution in [0.4, 0.5) is 0 Å². The Morgan fingerprint density at radius 2 is 2.25 bits per heavy atom. The third-order valence-electron chi connectivity index (χ3n) is 4.77. The average Bonchev–Trinajstić information content (AvgIpc) is 2.72. The predicted molar refractivity (Wildman–Crippen MR) is 96.9 cm³/mol. The quantitative estimate of drug-likeness (QED) is 0.784. The second kappa shape index (κ2) is 7.12. The molecule has 0 aliphatic carbocycles. The molecule has 1 aromatic carbocycles. The number of fused-ring (bicyclic) bond motifs is 3.